The molecule has 2 heteroatoms. The molecular weight excluding hydrogens is 683 g/mol. The molecule has 1 aromatic heterocycles. The Balaban J connectivity index is 1.28. The molecule has 0 N–H and O–H groups in total. The molecular formula is C53H49NS. The third-order valence-electron chi connectivity index (χ3n) is 11.7. The topological polar surface area (TPSA) is 3.24 Å². The second-order valence-electron chi connectivity index (χ2n) is 17.8. The second-order valence-corrected chi connectivity index (χ2v) is 18.9. The van der Waals surface area contributed by atoms with Crippen LogP contribution in [0.2, 0.25) is 0 Å². The number of thiophene rings is 1. The third kappa shape index (κ3) is 5.90. The average Bonchev–Trinajstić information content (AvgIpc) is 3.67. The van der Waals surface area contributed by atoms with Gasteiger partial charge in [-0.15, -0.1) is 11.3 Å². The van der Waals surface area contributed by atoms with Gasteiger partial charge in [-0.1, -0.05) is 165 Å². The van der Waals surface area contributed by atoms with Gasteiger partial charge < -0.3 is 4.90 Å². The highest BCUT2D eigenvalue weighted by molar-refractivity contribution is 7.26. The van der Waals surface area contributed by atoms with Gasteiger partial charge in [-0.05, 0) is 103 Å². The quantitative estimate of drug-likeness (QED) is 0.170. The van der Waals surface area contributed by atoms with Crippen LogP contribution in [0.4, 0.5) is 17.1 Å². The van der Waals surface area contributed by atoms with Crippen molar-refractivity contribution >= 4 is 48.6 Å². The molecule has 1 aliphatic carbocycles. The zero-order valence-electron chi connectivity index (χ0n) is 33.3. The predicted molar refractivity (Wildman–Crippen MR) is 240 cm³/mol. The first-order valence-corrected chi connectivity index (χ1v) is 20.4. The van der Waals surface area contributed by atoms with E-state index in [0.717, 1.165) is 11.4 Å². The lowest BCUT2D eigenvalue weighted by molar-refractivity contribution is 0.573. The lowest BCUT2D eigenvalue weighted by Gasteiger charge is -2.29. The van der Waals surface area contributed by atoms with Gasteiger partial charge in [0.1, 0.15) is 0 Å². The van der Waals surface area contributed by atoms with Gasteiger partial charge >= 0.3 is 0 Å². The Morgan fingerprint density at radius 2 is 1.07 bits per heavy atom. The number of hydrogen-bond donors (Lipinski definition) is 0. The van der Waals surface area contributed by atoms with Crippen molar-refractivity contribution < 1.29 is 0 Å². The van der Waals surface area contributed by atoms with Crippen LogP contribution in [0.1, 0.15) is 77.6 Å². The van der Waals surface area contributed by atoms with Crippen molar-refractivity contribution in [2.75, 3.05) is 4.90 Å². The molecule has 55 heavy (non-hydrogen) atoms. The SMILES string of the molecule is CC(C)(C)c1cc(C(C)(C)C)c2sc3ccc4c(c3c2c1)C(C)(C)c1cccc(N(c2ccc(-c3ccccc3)cc2)c2ccc(-c3ccccc3)cc2)c1-4. The molecule has 0 saturated carbocycles. The minimum atomic E-state index is -0.201. The maximum absolute atomic E-state index is 2.51. The molecule has 1 heterocycles. The molecule has 0 bridgehead atoms. The van der Waals surface area contributed by atoms with Gasteiger partial charge in [-0.25, -0.2) is 0 Å². The molecule has 0 amide bonds. The number of benzene rings is 7. The molecule has 9 rings (SSSR count). The first-order valence-electron chi connectivity index (χ1n) is 19.6. The monoisotopic (exact) mass is 731 g/mol. The van der Waals surface area contributed by atoms with Crippen LogP contribution in [0, 0.1) is 0 Å². The van der Waals surface area contributed by atoms with Crippen LogP contribution in [-0.2, 0) is 16.2 Å². The van der Waals surface area contributed by atoms with E-state index in [0.29, 0.717) is 0 Å². The molecule has 1 nitrogen and oxygen atoms in total. The van der Waals surface area contributed by atoms with E-state index in [4.69, 9.17) is 0 Å². The Kier molecular flexibility index (Phi) is 8.22. The lowest BCUT2D eigenvalue weighted by atomic mass is 9.78. The molecule has 0 atom stereocenters. The van der Waals surface area contributed by atoms with E-state index in [-0.39, 0.29) is 16.2 Å². The van der Waals surface area contributed by atoms with E-state index in [1.54, 1.807) is 0 Å². The second kappa shape index (κ2) is 12.8. The molecule has 0 spiro atoms. The smallest absolute Gasteiger partial charge is 0.0543 e. The number of nitrogens with zero attached hydrogens (tertiary/aromatic N) is 1. The molecule has 0 unspecified atom stereocenters. The summed E-state index contributed by atoms with van der Waals surface area (Å²) < 4.78 is 2.80. The largest absolute Gasteiger partial charge is 0.310 e. The van der Waals surface area contributed by atoms with Gasteiger partial charge in [0.2, 0.25) is 0 Å². The van der Waals surface area contributed by atoms with Crippen LogP contribution in [0.15, 0.2) is 152 Å². The third-order valence-corrected chi connectivity index (χ3v) is 12.9. The average molecular weight is 732 g/mol. The highest BCUT2D eigenvalue weighted by Crippen LogP contribution is 2.58. The Labute approximate surface area is 330 Å². The van der Waals surface area contributed by atoms with Gasteiger partial charge in [-0.2, -0.15) is 0 Å². The maximum Gasteiger partial charge on any atom is 0.0543 e. The van der Waals surface area contributed by atoms with E-state index in [1.807, 2.05) is 11.3 Å². The van der Waals surface area contributed by atoms with E-state index < -0.39 is 0 Å². The fraction of sp³-hybridized carbons (Fsp3) is 0.208. The van der Waals surface area contributed by atoms with E-state index in [9.17, 15) is 0 Å². The molecule has 8 aromatic rings. The van der Waals surface area contributed by atoms with Crippen LogP contribution in [-0.4, -0.2) is 0 Å². The van der Waals surface area contributed by atoms with Crippen molar-refractivity contribution in [2.45, 2.75) is 71.6 Å². The molecule has 0 radical (unpaired) electrons. The first-order chi connectivity index (χ1) is 26.3. The normalized spacial score (nSPS) is 13.6. The summed E-state index contributed by atoms with van der Waals surface area (Å²) in [6.07, 6.45) is 0. The highest BCUT2D eigenvalue weighted by atomic mass is 32.1. The van der Waals surface area contributed by atoms with Gasteiger partial charge in [0.15, 0.2) is 0 Å². The summed E-state index contributed by atoms with van der Waals surface area (Å²) in [7, 11) is 0. The fourth-order valence-electron chi connectivity index (χ4n) is 8.78. The standard InChI is InChI=1S/C53H49NS/c1-51(2,3)38-32-42-48-46(55-50(42)44(33-38)52(4,5)6)31-30-41-47-43(53(7,8)49(41)48)20-15-21-45(47)54(39-26-22-36(23-27-39)34-16-11-9-12-17-34)40-28-24-37(25-29-40)35-18-13-10-14-19-35/h9-33H,1-8H3. The Morgan fingerprint density at radius 1 is 0.527 bits per heavy atom. The summed E-state index contributed by atoms with van der Waals surface area (Å²) in [5.41, 5.74) is 16.6. The van der Waals surface area contributed by atoms with Crippen molar-refractivity contribution in [3.05, 3.63) is 174 Å². The zero-order valence-corrected chi connectivity index (χ0v) is 34.1. The van der Waals surface area contributed by atoms with Gasteiger partial charge in [0, 0.05) is 42.5 Å². The summed E-state index contributed by atoms with van der Waals surface area (Å²) >= 11 is 1.97. The van der Waals surface area contributed by atoms with Crippen LogP contribution in [0.5, 0.6) is 0 Å². The zero-order chi connectivity index (χ0) is 38.3. The summed E-state index contributed by atoms with van der Waals surface area (Å²) in [5, 5.41) is 2.83. The van der Waals surface area contributed by atoms with Gasteiger partial charge in [0.25, 0.3) is 0 Å². The molecule has 1 aliphatic rings. The number of rotatable bonds is 5. The van der Waals surface area contributed by atoms with E-state index in [2.05, 4.69) is 212 Å². The van der Waals surface area contributed by atoms with Gasteiger partial charge in [0.05, 0.1) is 5.69 Å². The minimum Gasteiger partial charge on any atom is -0.310 e. The molecule has 0 saturated heterocycles. The Hall–Kier alpha value is -5.44. The van der Waals surface area contributed by atoms with Crippen molar-refractivity contribution in [2.24, 2.45) is 0 Å². The molecule has 0 fully saturated rings. The highest BCUT2D eigenvalue weighted by Gasteiger charge is 2.40. The first kappa shape index (κ1) is 35.3. The lowest BCUT2D eigenvalue weighted by Crippen LogP contribution is -2.17. The van der Waals surface area contributed by atoms with Crippen LogP contribution in [0.25, 0.3) is 53.6 Å². The molecule has 7 aromatic carbocycles. The summed E-state index contributed by atoms with van der Waals surface area (Å²) in [4.78, 5) is 2.47. The van der Waals surface area contributed by atoms with Crippen LogP contribution in [0.3, 0.4) is 0 Å². The predicted octanol–water partition coefficient (Wildman–Crippen LogP) is 15.8. The van der Waals surface area contributed by atoms with Crippen LogP contribution >= 0.6 is 11.3 Å². The van der Waals surface area contributed by atoms with Crippen molar-refractivity contribution in [1.82, 2.24) is 0 Å². The summed E-state index contributed by atoms with van der Waals surface area (Å²) in [6, 6.07) is 56.3. The van der Waals surface area contributed by atoms with Crippen molar-refractivity contribution in [3.8, 4) is 33.4 Å². The number of anilines is 3. The molecule has 0 aliphatic heterocycles. The minimum absolute atomic E-state index is 0.0296. The number of hydrogen-bond acceptors (Lipinski definition) is 2. The van der Waals surface area contributed by atoms with Gasteiger partial charge in [-0.3, -0.25) is 0 Å². The van der Waals surface area contributed by atoms with Crippen LogP contribution < -0.4 is 4.90 Å². The Morgan fingerprint density at radius 3 is 1.60 bits per heavy atom. The fourth-order valence-corrected chi connectivity index (χ4v) is 10.2. The van der Waals surface area contributed by atoms with Crippen molar-refractivity contribution in [1.29, 1.82) is 0 Å². The summed E-state index contributed by atoms with van der Waals surface area (Å²) in [6.45, 7) is 19.0. The maximum atomic E-state index is 2.51. The van der Waals surface area contributed by atoms with Crippen molar-refractivity contribution in [3.63, 3.8) is 0 Å². The number of fused-ring (bicyclic) bond motifs is 7. The molecule has 272 valence electrons. The van der Waals surface area contributed by atoms with E-state index in [1.165, 1.54) is 81.5 Å². The summed E-state index contributed by atoms with van der Waals surface area (Å²) in [5.74, 6) is 0. The Bertz CT molecular complexity index is 2620. The van der Waals surface area contributed by atoms with E-state index >= 15 is 0 Å².